The Labute approximate surface area is 113 Å². The number of benzene rings is 1. The molecule has 2 rings (SSSR count). The van der Waals surface area contributed by atoms with Crippen molar-refractivity contribution < 1.29 is 8.78 Å². The summed E-state index contributed by atoms with van der Waals surface area (Å²) in [6.07, 6.45) is 2.96. The average molecular weight is 268 g/mol. The molecule has 1 N–H and O–H groups in total. The molecule has 106 valence electrons. The smallest absolute Gasteiger partial charge is 0.129 e. The molecule has 2 nitrogen and oxygen atoms in total. The standard InChI is InChI=1S/C15H22F2N2/c1-12(11-19-9-2-3-10-19)18-8-7-13-14(16)5-4-6-15(13)17/h4-6,12,18H,2-3,7-11H2,1H3. The second-order valence-corrected chi connectivity index (χ2v) is 5.31. The van der Waals surface area contributed by atoms with Gasteiger partial charge in [-0.15, -0.1) is 0 Å². The summed E-state index contributed by atoms with van der Waals surface area (Å²) < 4.78 is 26.9. The normalized spacial score (nSPS) is 17.8. The van der Waals surface area contributed by atoms with Gasteiger partial charge in [0.05, 0.1) is 0 Å². The van der Waals surface area contributed by atoms with Crippen LogP contribution in [0.25, 0.3) is 0 Å². The fraction of sp³-hybridized carbons (Fsp3) is 0.600. The number of halogens is 2. The van der Waals surface area contributed by atoms with Crippen molar-refractivity contribution in [2.24, 2.45) is 0 Å². The Hall–Kier alpha value is -1.00. The molecular weight excluding hydrogens is 246 g/mol. The van der Waals surface area contributed by atoms with Gasteiger partial charge in [-0.2, -0.15) is 0 Å². The molecule has 1 aliphatic heterocycles. The SMILES string of the molecule is CC(CN1CCCC1)NCCc1c(F)cccc1F. The van der Waals surface area contributed by atoms with Gasteiger partial charge in [0.15, 0.2) is 0 Å². The minimum Gasteiger partial charge on any atom is -0.313 e. The Morgan fingerprint density at radius 1 is 1.21 bits per heavy atom. The third-order valence-corrected chi connectivity index (χ3v) is 3.66. The Morgan fingerprint density at radius 3 is 2.47 bits per heavy atom. The van der Waals surface area contributed by atoms with E-state index in [9.17, 15) is 8.78 Å². The van der Waals surface area contributed by atoms with E-state index in [1.165, 1.54) is 44.1 Å². The van der Waals surface area contributed by atoms with Gasteiger partial charge < -0.3 is 10.2 Å². The molecule has 0 amide bonds. The molecule has 1 aliphatic rings. The van der Waals surface area contributed by atoms with Crippen LogP contribution in [0.5, 0.6) is 0 Å². The summed E-state index contributed by atoms with van der Waals surface area (Å²) in [5, 5.41) is 3.34. The fourth-order valence-electron chi connectivity index (χ4n) is 2.63. The van der Waals surface area contributed by atoms with E-state index in [0.717, 1.165) is 6.54 Å². The van der Waals surface area contributed by atoms with Crippen LogP contribution in [0.3, 0.4) is 0 Å². The van der Waals surface area contributed by atoms with Gasteiger partial charge in [0.25, 0.3) is 0 Å². The van der Waals surface area contributed by atoms with Crippen LogP contribution in [-0.4, -0.2) is 37.1 Å². The first-order valence-corrected chi connectivity index (χ1v) is 7.05. The molecule has 1 aromatic rings. The van der Waals surface area contributed by atoms with Crippen molar-refractivity contribution in [2.45, 2.75) is 32.2 Å². The van der Waals surface area contributed by atoms with Crippen molar-refractivity contribution in [3.8, 4) is 0 Å². The average Bonchev–Trinajstić information content (AvgIpc) is 2.85. The van der Waals surface area contributed by atoms with Crippen molar-refractivity contribution in [3.63, 3.8) is 0 Å². The lowest BCUT2D eigenvalue weighted by Gasteiger charge is -2.21. The summed E-state index contributed by atoms with van der Waals surface area (Å²) in [7, 11) is 0. The van der Waals surface area contributed by atoms with Crippen molar-refractivity contribution in [1.82, 2.24) is 10.2 Å². The van der Waals surface area contributed by atoms with E-state index in [1.54, 1.807) is 0 Å². The lowest BCUT2D eigenvalue weighted by Crippen LogP contribution is -2.38. The molecule has 0 bridgehead atoms. The number of likely N-dealkylation sites (tertiary alicyclic amines) is 1. The van der Waals surface area contributed by atoms with Gasteiger partial charge in [0, 0.05) is 18.2 Å². The van der Waals surface area contributed by atoms with Crippen LogP contribution in [-0.2, 0) is 6.42 Å². The maximum Gasteiger partial charge on any atom is 0.129 e. The Morgan fingerprint density at radius 2 is 1.84 bits per heavy atom. The Balaban J connectivity index is 1.73. The predicted octanol–water partition coefficient (Wildman–Crippen LogP) is 2.58. The molecule has 0 saturated carbocycles. The van der Waals surface area contributed by atoms with Crippen LogP contribution in [0.15, 0.2) is 18.2 Å². The van der Waals surface area contributed by atoms with Crippen LogP contribution in [0, 0.1) is 11.6 Å². The van der Waals surface area contributed by atoms with Gasteiger partial charge in [-0.1, -0.05) is 6.07 Å². The number of nitrogens with one attached hydrogen (secondary N) is 1. The molecule has 1 unspecified atom stereocenters. The summed E-state index contributed by atoms with van der Waals surface area (Å²) >= 11 is 0. The van der Waals surface area contributed by atoms with Gasteiger partial charge in [-0.25, -0.2) is 8.78 Å². The topological polar surface area (TPSA) is 15.3 Å². The lowest BCUT2D eigenvalue weighted by molar-refractivity contribution is 0.299. The highest BCUT2D eigenvalue weighted by atomic mass is 19.1. The lowest BCUT2D eigenvalue weighted by atomic mass is 10.1. The van der Waals surface area contributed by atoms with Crippen LogP contribution in [0.4, 0.5) is 8.78 Å². The summed E-state index contributed by atoms with van der Waals surface area (Å²) in [4.78, 5) is 2.43. The zero-order valence-electron chi connectivity index (χ0n) is 11.5. The summed E-state index contributed by atoms with van der Waals surface area (Å²) in [5.74, 6) is -0.900. The third kappa shape index (κ3) is 4.25. The molecule has 1 saturated heterocycles. The Bertz CT molecular complexity index is 383. The monoisotopic (exact) mass is 268 g/mol. The molecule has 19 heavy (non-hydrogen) atoms. The van der Waals surface area contributed by atoms with Crippen molar-refractivity contribution in [1.29, 1.82) is 0 Å². The molecule has 1 aromatic carbocycles. The van der Waals surface area contributed by atoms with Gasteiger partial charge in [0.2, 0.25) is 0 Å². The second-order valence-electron chi connectivity index (χ2n) is 5.31. The quantitative estimate of drug-likeness (QED) is 0.853. The Kier molecular flexibility index (Phi) is 5.28. The van der Waals surface area contributed by atoms with E-state index < -0.39 is 11.6 Å². The molecular formula is C15H22F2N2. The van der Waals surface area contributed by atoms with E-state index >= 15 is 0 Å². The number of rotatable bonds is 6. The van der Waals surface area contributed by atoms with E-state index in [4.69, 9.17) is 0 Å². The molecule has 0 radical (unpaired) electrons. The predicted molar refractivity (Wildman–Crippen MR) is 73.2 cm³/mol. The van der Waals surface area contributed by atoms with Gasteiger partial charge in [-0.3, -0.25) is 0 Å². The minimum absolute atomic E-state index is 0.184. The first-order chi connectivity index (χ1) is 9.16. The van der Waals surface area contributed by atoms with E-state index in [-0.39, 0.29) is 5.56 Å². The molecule has 0 aromatic heterocycles. The first-order valence-electron chi connectivity index (χ1n) is 7.05. The van der Waals surface area contributed by atoms with E-state index in [0.29, 0.717) is 19.0 Å². The van der Waals surface area contributed by atoms with E-state index in [1.807, 2.05) is 0 Å². The molecule has 1 atom stereocenters. The maximum atomic E-state index is 13.4. The molecule has 1 heterocycles. The van der Waals surface area contributed by atoms with Gasteiger partial charge >= 0.3 is 0 Å². The second kappa shape index (κ2) is 6.96. The molecule has 4 heteroatoms. The maximum absolute atomic E-state index is 13.4. The van der Waals surface area contributed by atoms with Crippen LogP contribution in [0.2, 0.25) is 0 Å². The summed E-state index contributed by atoms with van der Waals surface area (Å²) in [6, 6.07) is 4.38. The van der Waals surface area contributed by atoms with E-state index in [2.05, 4.69) is 17.1 Å². The zero-order valence-corrected chi connectivity index (χ0v) is 11.5. The highest BCUT2D eigenvalue weighted by molar-refractivity contribution is 5.19. The first kappa shape index (κ1) is 14.4. The fourth-order valence-corrected chi connectivity index (χ4v) is 2.63. The van der Waals surface area contributed by atoms with Gasteiger partial charge in [0.1, 0.15) is 11.6 Å². The van der Waals surface area contributed by atoms with Crippen molar-refractivity contribution >= 4 is 0 Å². The van der Waals surface area contributed by atoms with Crippen LogP contribution < -0.4 is 5.32 Å². The van der Waals surface area contributed by atoms with Crippen molar-refractivity contribution in [2.75, 3.05) is 26.2 Å². The third-order valence-electron chi connectivity index (χ3n) is 3.66. The zero-order chi connectivity index (χ0) is 13.7. The van der Waals surface area contributed by atoms with Crippen molar-refractivity contribution in [3.05, 3.63) is 35.4 Å². The number of hydrogen-bond acceptors (Lipinski definition) is 2. The summed E-state index contributed by atoms with van der Waals surface area (Å²) in [5.41, 5.74) is 0.184. The molecule has 0 spiro atoms. The highest BCUT2D eigenvalue weighted by Gasteiger charge is 2.14. The molecule has 0 aliphatic carbocycles. The highest BCUT2D eigenvalue weighted by Crippen LogP contribution is 2.12. The minimum atomic E-state index is -0.450. The van der Waals surface area contributed by atoms with Crippen LogP contribution in [0.1, 0.15) is 25.3 Å². The largest absolute Gasteiger partial charge is 0.313 e. The summed E-state index contributed by atoms with van der Waals surface area (Å²) in [6.45, 7) is 6.09. The molecule has 1 fully saturated rings. The number of nitrogens with zero attached hydrogens (tertiary/aromatic N) is 1. The number of hydrogen-bond donors (Lipinski definition) is 1. The van der Waals surface area contributed by atoms with Gasteiger partial charge in [-0.05, 0) is 58.0 Å². The van der Waals surface area contributed by atoms with Crippen LogP contribution >= 0.6 is 0 Å².